The molecule has 2 aromatic rings. The van der Waals surface area contributed by atoms with Crippen LogP contribution in [0.2, 0.25) is 0 Å². The minimum Gasteiger partial charge on any atom is -0.368 e. The monoisotopic (exact) mass is 280 g/mol. The zero-order valence-electron chi connectivity index (χ0n) is 10.8. The van der Waals surface area contributed by atoms with Crippen molar-refractivity contribution in [3.8, 4) is 0 Å². The first-order valence-corrected chi connectivity index (χ1v) is 6.32. The number of rotatable bonds is 5. The summed E-state index contributed by atoms with van der Waals surface area (Å²) in [7, 11) is 0. The van der Waals surface area contributed by atoms with E-state index in [1.807, 2.05) is 30.3 Å². The fourth-order valence-corrected chi connectivity index (χ4v) is 1.92. The predicted molar refractivity (Wildman–Crippen MR) is 71.1 cm³/mol. The van der Waals surface area contributed by atoms with Crippen molar-refractivity contribution in [2.45, 2.75) is 25.3 Å². The van der Waals surface area contributed by atoms with E-state index in [4.69, 9.17) is 4.74 Å². The molecule has 0 aromatic heterocycles. The standard InChI is InChI=1S/C16H15F3O/c17-16(18,19)11-15(14-9-5-2-6-10-14)20-12-13-7-3-1-4-8-13/h1-10,15H,11-12H2. The topological polar surface area (TPSA) is 9.23 Å². The third-order valence-electron chi connectivity index (χ3n) is 2.88. The second-order valence-corrected chi connectivity index (χ2v) is 4.52. The lowest BCUT2D eigenvalue weighted by Gasteiger charge is -2.20. The highest BCUT2D eigenvalue weighted by atomic mass is 19.4. The fourth-order valence-electron chi connectivity index (χ4n) is 1.92. The Balaban J connectivity index is 2.07. The van der Waals surface area contributed by atoms with Crippen LogP contribution in [0.5, 0.6) is 0 Å². The Morgan fingerprint density at radius 1 is 0.850 bits per heavy atom. The number of hydrogen-bond acceptors (Lipinski definition) is 1. The summed E-state index contributed by atoms with van der Waals surface area (Å²) in [5.41, 5.74) is 1.40. The van der Waals surface area contributed by atoms with Gasteiger partial charge >= 0.3 is 6.18 Å². The number of alkyl halides is 3. The van der Waals surface area contributed by atoms with Crippen LogP contribution in [0.4, 0.5) is 13.2 Å². The van der Waals surface area contributed by atoms with E-state index < -0.39 is 18.7 Å². The van der Waals surface area contributed by atoms with Gasteiger partial charge in [0, 0.05) is 0 Å². The van der Waals surface area contributed by atoms with Gasteiger partial charge in [-0.05, 0) is 11.1 Å². The van der Waals surface area contributed by atoms with Crippen molar-refractivity contribution < 1.29 is 17.9 Å². The second-order valence-electron chi connectivity index (χ2n) is 4.52. The van der Waals surface area contributed by atoms with Crippen LogP contribution in [0, 0.1) is 0 Å². The van der Waals surface area contributed by atoms with Crippen LogP contribution in [0.1, 0.15) is 23.7 Å². The number of halogens is 3. The number of ether oxygens (including phenoxy) is 1. The maximum atomic E-state index is 12.6. The highest BCUT2D eigenvalue weighted by Gasteiger charge is 2.33. The third-order valence-corrected chi connectivity index (χ3v) is 2.88. The molecule has 0 bridgehead atoms. The van der Waals surface area contributed by atoms with E-state index in [1.54, 1.807) is 30.3 Å². The van der Waals surface area contributed by atoms with Crippen molar-refractivity contribution in [1.29, 1.82) is 0 Å². The molecule has 0 spiro atoms. The van der Waals surface area contributed by atoms with Gasteiger partial charge in [-0.15, -0.1) is 0 Å². The Morgan fingerprint density at radius 3 is 1.95 bits per heavy atom. The van der Waals surface area contributed by atoms with E-state index in [-0.39, 0.29) is 6.61 Å². The molecule has 1 unspecified atom stereocenters. The number of hydrogen-bond donors (Lipinski definition) is 0. The van der Waals surface area contributed by atoms with Gasteiger partial charge in [-0.2, -0.15) is 13.2 Å². The Kier molecular flexibility index (Phi) is 4.79. The summed E-state index contributed by atoms with van der Waals surface area (Å²) in [6.45, 7) is 0.163. The summed E-state index contributed by atoms with van der Waals surface area (Å²) in [6, 6.07) is 17.7. The molecular formula is C16H15F3O. The summed E-state index contributed by atoms with van der Waals surface area (Å²) >= 11 is 0. The summed E-state index contributed by atoms with van der Waals surface area (Å²) in [6.07, 6.45) is -6.21. The molecule has 2 rings (SSSR count). The Labute approximate surface area is 116 Å². The maximum absolute atomic E-state index is 12.6. The summed E-state index contributed by atoms with van der Waals surface area (Å²) in [5.74, 6) is 0. The fraction of sp³-hybridized carbons (Fsp3) is 0.250. The maximum Gasteiger partial charge on any atom is 0.391 e. The molecular weight excluding hydrogens is 265 g/mol. The van der Waals surface area contributed by atoms with Crippen LogP contribution in [0.15, 0.2) is 60.7 Å². The van der Waals surface area contributed by atoms with Gasteiger partial charge in [0.2, 0.25) is 0 Å². The lowest BCUT2D eigenvalue weighted by molar-refractivity contribution is -0.163. The van der Waals surface area contributed by atoms with Gasteiger partial charge < -0.3 is 4.74 Å². The van der Waals surface area contributed by atoms with E-state index in [9.17, 15) is 13.2 Å². The zero-order valence-corrected chi connectivity index (χ0v) is 10.8. The molecule has 0 amide bonds. The van der Waals surface area contributed by atoms with Crippen molar-refractivity contribution in [3.63, 3.8) is 0 Å². The molecule has 0 saturated carbocycles. The van der Waals surface area contributed by atoms with E-state index in [2.05, 4.69) is 0 Å². The van der Waals surface area contributed by atoms with Crippen molar-refractivity contribution in [2.75, 3.05) is 0 Å². The molecule has 0 heterocycles. The predicted octanol–water partition coefficient (Wildman–Crippen LogP) is 4.90. The van der Waals surface area contributed by atoms with Crippen LogP contribution >= 0.6 is 0 Å². The first-order valence-electron chi connectivity index (χ1n) is 6.32. The third kappa shape index (κ3) is 4.70. The van der Waals surface area contributed by atoms with E-state index in [0.717, 1.165) is 5.56 Å². The van der Waals surface area contributed by atoms with Gasteiger partial charge in [0.05, 0.1) is 19.1 Å². The lowest BCUT2D eigenvalue weighted by atomic mass is 10.1. The molecule has 0 aliphatic heterocycles. The molecule has 0 aliphatic rings. The highest BCUT2D eigenvalue weighted by Crippen LogP contribution is 2.32. The first kappa shape index (κ1) is 14.6. The molecule has 2 aromatic carbocycles. The van der Waals surface area contributed by atoms with Crippen LogP contribution < -0.4 is 0 Å². The van der Waals surface area contributed by atoms with Crippen LogP contribution in [-0.4, -0.2) is 6.18 Å². The van der Waals surface area contributed by atoms with Crippen LogP contribution in [0.25, 0.3) is 0 Å². The van der Waals surface area contributed by atoms with Gasteiger partial charge in [0.1, 0.15) is 0 Å². The molecule has 1 atom stereocenters. The smallest absolute Gasteiger partial charge is 0.368 e. The Hall–Kier alpha value is -1.81. The van der Waals surface area contributed by atoms with Gasteiger partial charge in [-0.3, -0.25) is 0 Å². The van der Waals surface area contributed by atoms with Gasteiger partial charge in [0.25, 0.3) is 0 Å². The normalized spacial score (nSPS) is 13.2. The molecule has 4 heteroatoms. The average Bonchev–Trinajstić information content (AvgIpc) is 2.44. The molecule has 0 saturated heterocycles. The number of benzene rings is 2. The van der Waals surface area contributed by atoms with Crippen LogP contribution in [0.3, 0.4) is 0 Å². The molecule has 1 nitrogen and oxygen atoms in total. The molecule has 0 N–H and O–H groups in total. The summed E-state index contributed by atoms with van der Waals surface area (Å²) in [5, 5.41) is 0. The van der Waals surface area contributed by atoms with Gasteiger partial charge in [0.15, 0.2) is 0 Å². The molecule has 0 aliphatic carbocycles. The van der Waals surface area contributed by atoms with E-state index in [1.165, 1.54) is 0 Å². The quantitative estimate of drug-likeness (QED) is 0.757. The largest absolute Gasteiger partial charge is 0.391 e. The van der Waals surface area contributed by atoms with Crippen LogP contribution in [-0.2, 0) is 11.3 Å². The van der Waals surface area contributed by atoms with Crippen molar-refractivity contribution in [1.82, 2.24) is 0 Å². The minimum atomic E-state index is -4.25. The lowest BCUT2D eigenvalue weighted by Crippen LogP contribution is -2.16. The highest BCUT2D eigenvalue weighted by molar-refractivity contribution is 5.18. The van der Waals surface area contributed by atoms with Gasteiger partial charge in [-0.1, -0.05) is 60.7 Å². The second kappa shape index (κ2) is 6.57. The Bertz CT molecular complexity index is 508. The SMILES string of the molecule is FC(F)(F)CC(OCc1ccccc1)c1ccccc1. The summed E-state index contributed by atoms with van der Waals surface area (Å²) < 4.78 is 43.4. The minimum absolute atomic E-state index is 0.163. The molecule has 106 valence electrons. The van der Waals surface area contributed by atoms with Crippen molar-refractivity contribution in [3.05, 3.63) is 71.8 Å². The first-order chi connectivity index (χ1) is 9.54. The van der Waals surface area contributed by atoms with E-state index in [0.29, 0.717) is 5.56 Å². The van der Waals surface area contributed by atoms with E-state index >= 15 is 0 Å². The van der Waals surface area contributed by atoms with Crippen molar-refractivity contribution in [2.24, 2.45) is 0 Å². The Morgan fingerprint density at radius 2 is 1.40 bits per heavy atom. The van der Waals surface area contributed by atoms with Gasteiger partial charge in [-0.25, -0.2) is 0 Å². The molecule has 0 radical (unpaired) electrons. The molecule has 0 fully saturated rings. The van der Waals surface area contributed by atoms with Crippen molar-refractivity contribution >= 4 is 0 Å². The summed E-state index contributed by atoms with van der Waals surface area (Å²) in [4.78, 5) is 0. The average molecular weight is 280 g/mol. The zero-order chi connectivity index (χ0) is 14.4. The molecule has 20 heavy (non-hydrogen) atoms.